The zero-order chi connectivity index (χ0) is 21.0. The molecule has 1 saturated carbocycles. The zero-order valence-corrected chi connectivity index (χ0v) is 18.5. The fraction of sp³-hybridized carbons (Fsp3) is 0.478. The lowest BCUT2D eigenvalue weighted by Gasteiger charge is -2.32. The first-order chi connectivity index (χ1) is 14.6. The molecule has 2 aliphatic rings. The Bertz CT molecular complexity index is 881. The molecule has 1 aliphatic heterocycles. The summed E-state index contributed by atoms with van der Waals surface area (Å²) in [6.07, 6.45) is 4.52. The van der Waals surface area contributed by atoms with Crippen molar-refractivity contribution in [3.63, 3.8) is 0 Å². The minimum Gasteiger partial charge on any atom is -0.375 e. The van der Waals surface area contributed by atoms with E-state index in [2.05, 4.69) is 56.7 Å². The van der Waals surface area contributed by atoms with Gasteiger partial charge in [-0.3, -0.25) is 4.99 Å². The van der Waals surface area contributed by atoms with Crippen LogP contribution in [0.4, 0.5) is 5.82 Å². The number of benzene rings is 1. The summed E-state index contributed by atoms with van der Waals surface area (Å²) in [6.45, 7) is 6.15. The monoisotopic (exact) mass is 427 g/mol. The third-order valence-corrected chi connectivity index (χ3v) is 6.18. The van der Waals surface area contributed by atoms with Crippen LogP contribution in [0.5, 0.6) is 0 Å². The number of guanidine groups is 1. The Morgan fingerprint density at radius 3 is 2.83 bits per heavy atom. The summed E-state index contributed by atoms with van der Waals surface area (Å²) in [4.78, 5) is 11.3. The minimum atomic E-state index is 0.168. The van der Waals surface area contributed by atoms with Crippen molar-refractivity contribution in [2.45, 2.75) is 37.8 Å². The van der Waals surface area contributed by atoms with Crippen molar-refractivity contribution in [3.8, 4) is 0 Å². The second kappa shape index (κ2) is 9.23. The molecule has 2 N–H and O–H groups in total. The molecule has 6 nitrogen and oxygen atoms in total. The molecular formula is C23H30ClN5O. The number of hydrogen-bond acceptors (Lipinski definition) is 4. The van der Waals surface area contributed by atoms with E-state index in [1.54, 1.807) is 7.05 Å². The molecule has 1 aromatic heterocycles. The van der Waals surface area contributed by atoms with Crippen LogP contribution in [0.2, 0.25) is 5.02 Å². The van der Waals surface area contributed by atoms with Crippen LogP contribution >= 0.6 is 11.6 Å². The van der Waals surface area contributed by atoms with Crippen molar-refractivity contribution in [2.75, 3.05) is 38.2 Å². The van der Waals surface area contributed by atoms with Crippen LogP contribution in [0.3, 0.4) is 0 Å². The van der Waals surface area contributed by atoms with E-state index in [9.17, 15) is 0 Å². The van der Waals surface area contributed by atoms with Crippen LogP contribution in [0, 0.1) is 0 Å². The summed E-state index contributed by atoms with van der Waals surface area (Å²) < 4.78 is 5.61. The largest absolute Gasteiger partial charge is 0.375 e. The van der Waals surface area contributed by atoms with Crippen LogP contribution < -0.4 is 15.5 Å². The molecule has 0 spiro atoms. The Kier molecular flexibility index (Phi) is 6.44. The summed E-state index contributed by atoms with van der Waals surface area (Å²) in [6, 6.07) is 12.4. The van der Waals surface area contributed by atoms with Crippen LogP contribution in [0.15, 0.2) is 47.6 Å². The third kappa shape index (κ3) is 5.05. The number of halogens is 1. The van der Waals surface area contributed by atoms with E-state index in [1.165, 1.54) is 18.4 Å². The lowest BCUT2D eigenvalue weighted by Crippen LogP contribution is -2.41. The number of morpholine rings is 1. The third-order valence-electron chi connectivity index (χ3n) is 5.94. The van der Waals surface area contributed by atoms with Crippen LogP contribution in [-0.2, 0) is 16.7 Å². The normalized spacial score (nSPS) is 20.7. The topological polar surface area (TPSA) is 61.8 Å². The summed E-state index contributed by atoms with van der Waals surface area (Å²) in [5.74, 6) is 1.81. The average molecular weight is 428 g/mol. The van der Waals surface area contributed by atoms with Crippen LogP contribution in [0.1, 0.15) is 30.9 Å². The number of nitrogens with one attached hydrogen (secondary N) is 2. The lowest BCUT2D eigenvalue weighted by atomic mass is 9.96. The molecule has 0 radical (unpaired) electrons. The van der Waals surface area contributed by atoms with Crippen molar-refractivity contribution >= 4 is 23.4 Å². The smallest absolute Gasteiger partial charge is 0.191 e. The standard InChI is InChI=1S/C23H30ClN5O/c1-17-15-29(10-11-30-17)21-7-6-18(13-26-21)14-27-22(25-2)28-16-23(8-9-23)19-4-3-5-20(24)12-19/h3-7,12-13,17H,8-11,14-16H2,1-2H3,(H2,25,27,28). The van der Waals surface area contributed by atoms with Gasteiger partial charge >= 0.3 is 0 Å². The predicted molar refractivity (Wildman–Crippen MR) is 122 cm³/mol. The highest BCUT2D eigenvalue weighted by molar-refractivity contribution is 6.30. The molecule has 0 bridgehead atoms. The van der Waals surface area contributed by atoms with Gasteiger partial charge < -0.3 is 20.3 Å². The van der Waals surface area contributed by atoms with Gasteiger partial charge in [0.25, 0.3) is 0 Å². The first-order valence-corrected chi connectivity index (χ1v) is 11.0. The number of pyridine rings is 1. The summed E-state index contributed by atoms with van der Waals surface area (Å²) in [5, 5.41) is 7.67. The number of hydrogen-bond donors (Lipinski definition) is 2. The number of rotatable bonds is 6. The maximum absolute atomic E-state index is 6.18. The number of nitrogens with zero attached hydrogens (tertiary/aromatic N) is 3. The second-order valence-electron chi connectivity index (χ2n) is 8.22. The molecule has 4 rings (SSSR count). The second-order valence-corrected chi connectivity index (χ2v) is 8.66. The average Bonchev–Trinajstić information content (AvgIpc) is 3.55. The molecular weight excluding hydrogens is 398 g/mol. The van der Waals surface area contributed by atoms with E-state index in [1.807, 2.05) is 18.3 Å². The molecule has 1 saturated heterocycles. The quantitative estimate of drug-likeness (QED) is 0.546. The number of aliphatic imine (C=N–C) groups is 1. The lowest BCUT2D eigenvalue weighted by molar-refractivity contribution is 0.0529. The Morgan fingerprint density at radius 1 is 1.30 bits per heavy atom. The van der Waals surface area contributed by atoms with E-state index in [0.717, 1.165) is 48.6 Å². The Labute approximate surface area is 183 Å². The number of ether oxygens (including phenoxy) is 1. The Morgan fingerprint density at radius 2 is 2.17 bits per heavy atom. The Hall–Kier alpha value is -2.31. The van der Waals surface area contributed by atoms with Gasteiger partial charge in [0.05, 0.1) is 12.7 Å². The predicted octanol–water partition coefficient (Wildman–Crippen LogP) is 3.36. The number of aromatic nitrogens is 1. The minimum absolute atomic E-state index is 0.168. The van der Waals surface area contributed by atoms with Crippen LogP contribution in [0.25, 0.3) is 0 Å². The van der Waals surface area contributed by atoms with Gasteiger partial charge in [-0.05, 0) is 49.1 Å². The molecule has 7 heteroatoms. The van der Waals surface area contributed by atoms with E-state index in [4.69, 9.17) is 16.3 Å². The maximum atomic E-state index is 6.18. The molecule has 1 aromatic carbocycles. The first kappa shape index (κ1) is 20.9. The van der Waals surface area contributed by atoms with E-state index in [-0.39, 0.29) is 11.5 Å². The fourth-order valence-corrected chi connectivity index (χ4v) is 4.12. The molecule has 30 heavy (non-hydrogen) atoms. The summed E-state index contributed by atoms with van der Waals surface area (Å²) >= 11 is 6.18. The highest BCUT2D eigenvalue weighted by atomic mass is 35.5. The molecule has 1 aliphatic carbocycles. The Balaban J connectivity index is 1.28. The highest BCUT2D eigenvalue weighted by Gasteiger charge is 2.44. The van der Waals surface area contributed by atoms with Crippen LogP contribution in [-0.4, -0.2) is 50.3 Å². The molecule has 2 heterocycles. The van der Waals surface area contributed by atoms with Crippen molar-refractivity contribution < 1.29 is 4.74 Å². The first-order valence-electron chi connectivity index (χ1n) is 10.6. The van der Waals surface area contributed by atoms with Gasteiger partial charge in [0, 0.05) is 49.9 Å². The van der Waals surface area contributed by atoms with E-state index in [0.29, 0.717) is 6.54 Å². The SMILES string of the molecule is CN=C(NCc1ccc(N2CCOC(C)C2)nc1)NCC1(c2cccc(Cl)c2)CC1. The molecule has 0 amide bonds. The van der Waals surface area contributed by atoms with E-state index >= 15 is 0 Å². The molecule has 2 fully saturated rings. The molecule has 2 aromatic rings. The van der Waals surface area contributed by atoms with Crippen molar-refractivity contribution in [2.24, 2.45) is 4.99 Å². The van der Waals surface area contributed by atoms with Gasteiger partial charge in [0.2, 0.25) is 0 Å². The maximum Gasteiger partial charge on any atom is 0.191 e. The van der Waals surface area contributed by atoms with Crippen molar-refractivity contribution in [1.82, 2.24) is 15.6 Å². The van der Waals surface area contributed by atoms with E-state index < -0.39 is 0 Å². The molecule has 160 valence electrons. The van der Waals surface area contributed by atoms with Gasteiger partial charge in [-0.1, -0.05) is 29.8 Å². The van der Waals surface area contributed by atoms with Crippen molar-refractivity contribution in [1.29, 1.82) is 0 Å². The molecule has 1 atom stereocenters. The zero-order valence-electron chi connectivity index (χ0n) is 17.7. The van der Waals surface area contributed by atoms with Gasteiger partial charge in [-0.25, -0.2) is 4.98 Å². The summed E-state index contributed by atoms with van der Waals surface area (Å²) in [5.41, 5.74) is 2.59. The fourth-order valence-electron chi connectivity index (χ4n) is 3.93. The summed E-state index contributed by atoms with van der Waals surface area (Å²) in [7, 11) is 1.80. The van der Waals surface area contributed by atoms with Gasteiger partial charge in [-0.15, -0.1) is 0 Å². The van der Waals surface area contributed by atoms with Gasteiger partial charge in [0.15, 0.2) is 5.96 Å². The number of anilines is 1. The van der Waals surface area contributed by atoms with Crippen molar-refractivity contribution in [3.05, 3.63) is 58.7 Å². The highest BCUT2D eigenvalue weighted by Crippen LogP contribution is 2.48. The van der Waals surface area contributed by atoms with Gasteiger partial charge in [-0.2, -0.15) is 0 Å². The van der Waals surface area contributed by atoms with Gasteiger partial charge in [0.1, 0.15) is 5.82 Å². The molecule has 1 unspecified atom stereocenters.